The van der Waals surface area contributed by atoms with Crippen molar-refractivity contribution in [2.24, 2.45) is 0 Å². The molecule has 2 rings (SSSR count). The first-order valence-corrected chi connectivity index (χ1v) is 10.8. The number of urea groups is 1. The van der Waals surface area contributed by atoms with E-state index in [1.165, 1.54) is 0 Å². The second kappa shape index (κ2) is 6.65. The van der Waals surface area contributed by atoms with Crippen LogP contribution in [0.2, 0.25) is 18.1 Å². The van der Waals surface area contributed by atoms with Crippen molar-refractivity contribution >= 4 is 25.9 Å². The van der Waals surface area contributed by atoms with Gasteiger partial charge in [-0.05, 0) is 36.7 Å². The van der Waals surface area contributed by atoms with Crippen molar-refractivity contribution in [1.82, 2.24) is 4.57 Å². The van der Waals surface area contributed by atoms with Gasteiger partial charge in [-0.15, -0.1) is 0 Å². The van der Waals surface area contributed by atoms with E-state index in [0.29, 0.717) is 6.42 Å². The maximum atomic E-state index is 13.1. The van der Waals surface area contributed by atoms with Crippen molar-refractivity contribution in [3.8, 4) is 0 Å². The number of rotatable bonds is 6. The van der Waals surface area contributed by atoms with Crippen LogP contribution in [0.25, 0.3) is 0 Å². The number of amides is 3. The summed E-state index contributed by atoms with van der Waals surface area (Å²) in [5, 5.41) is 0. The van der Waals surface area contributed by atoms with Crippen molar-refractivity contribution in [3.63, 3.8) is 0 Å². The minimum absolute atomic E-state index is 0.00793. The van der Waals surface area contributed by atoms with Gasteiger partial charge in [0.05, 0.1) is 0 Å². The summed E-state index contributed by atoms with van der Waals surface area (Å²) < 4.78 is 1.67. The molecule has 5 heteroatoms. The van der Waals surface area contributed by atoms with Crippen LogP contribution in [-0.4, -0.2) is 30.8 Å². The number of carbonyl (C=O) groups is 2. The van der Waals surface area contributed by atoms with E-state index in [9.17, 15) is 9.59 Å². The molecule has 1 saturated heterocycles. The second-order valence-electron chi connectivity index (χ2n) is 5.87. The van der Waals surface area contributed by atoms with Crippen molar-refractivity contribution < 1.29 is 9.59 Å². The van der Waals surface area contributed by atoms with Crippen LogP contribution in [0.1, 0.15) is 34.1 Å². The lowest BCUT2D eigenvalue weighted by Gasteiger charge is -2.36. The van der Waals surface area contributed by atoms with Crippen LogP contribution in [0.3, 0.4) is 0 Å². The Kier molecular flexibility index (Phi) is 5.06. The first-order chi connectivity index (χ1) is 10.6. The summed E-state index contributed by atoms with van der Waals surface area (Å²) in [6.45, 7) is 8.33. The number of hydrogen-bond donors (Lipinski definition) is 0. The molecule has 0 aromatic heterocycles. The highest BCUT2D eigenvalue weighted by Crippen LogP contribution is 2.35. The molecule has 1 atom stereocenters. The largest absolute Gasteiger partial charge is 0.323 e. The zero-order chi connectivity index (χ0) is 16.3. The van der Waals surface area contributed by atoms with Crippen LogP contribution in [0.15, 0.2) is 30.3 Å². The quantitative estimate of drug-likeness (QED) is 0.581. The molecule has 120 valence electrons. The van der Waals surface area contributed by atoms with E-state index in [2.05, 4.69) is 20.8 Å². The minimum atomic E-state index is -2.05. The smallest absolute Gasteiger partial charge is 0.292 e. The fraction of sp³-hybridized carbons (Fsp3) is 0.529. The summed E-state index contributed by atoms with van der Waals surface area (Å²) >= 11 is 0. The van der Waals surface area contributed by atoms with E-state index in [1.807, 2.05) is 37.3 Å². The molecule has 1 fully saturated rings. The SMILES string of the molecule is CCC1C(=O)N([Si](CC)(CC)CC)C(=O)N1c1ccccc1. The fourth-order valence-corrected chi connectivity index (χ4v) is 7.07. The number of nitrogens with zero attached hydrogens (tertiary/aromatic N) is 2. The van der Waals surface area contributed by atoms with Gasteiger partial charge in [0.2, 0.25) is 5.91 Å². The normalized spacial score (nSPS) is 19.2. The van der Waals surface area contributed by atoms with Crippen molar-refractivity contribution in [1.29, 1.82) is 0 Å². The molecule has 1 aliphatic rings. The molecule has 0 aliphatic carbocycles. The van der Waals surface area contributed by atoms with E-state index in [0.717, 1.165) is 23.8 Å². The summed E-state index contributed by atoms with van der Waals surface area (Å²) in [7, 11) is -2.05. The number of imide groups is 1. The monoisotopic (exact) mass is 318 g/mol. The lowest BCUT2D eigenvalue weighted by atomic mass is 10.2. The third kappa shape index (κ3) is 2.47. The fourth-order valence-electron chi connectivity index (χ4n) is 3.49. The van der Waals surface area contributed by atoms with Gasteiger partial charge in [-0.25, -0.2) is 4.79 Å². The van der Waals surface area contributed by atoms with Crippen molar-refractivity contribution in [2.45, 2.75) is 58.3 Å². The predicted octanol–water partition coefficient (Wildman–Crippen LogP) is 4.24. The Morgan fingerprint density at radius 2 is 1.50 bits per heavy atom. The molecule has 1 unspecified atom stereocenters. The van der Waals surface area contributed by atoms with Crippen LogP contribution in [0, 0.1) is 0 Å². The lowest BCUT2D eigenvalue weighted by molar-refractivity contribution is -0.124. The van der Waals surface area contributed by atoms with Crippen LogP contribution < -0.4 is 4.90 Å². The number of anilines is 1. The van der Waals surface area contributed by atoms with Gasteiger partial charge >= 0.3 is 6.03 Å². The second-order valence-corrected chi connectivity index (χ2v) is 10.9. The summed E-state index contributed by atoms with van der Waals surface area (Å²) in [4.78, 5) is 27.7. The minimum Gasteiger partial charge on any atom is -0.292 e. The number of para-hydroxylation sites is 1. The third-order valence-electron chi connectivity index (χ3n) is 5.08. The Hall–Kier alpha value is -1.62. The average Bonchev–Trinajstić information content (AvgIpc) is 2.82. The molecule has 0 N–H and O–H groups in total. The molecule has 0 radical (unpaired) electrons. The van der Waals surface area contributed by atoms with E-state index in [1.54, 1.807) is 9.47 Å². The van der Waals surface area contributed by atoms with E-state index in [-0.39, 0.29) is 18.0 Å². The number of benzene rings is 1. The lowest BCUT2D eigenvalue weighted by Crippen LogP contribution is -2.55. The van der Waals surface area contributed by atoms with Crippen LogP contribution in [0.5, 0.6) is 0 Å². The topological polar surface area (TPSA) is 40.6 Å². The number of carbonyl (C=O) groups excluding carboxylic acids is 2. The Morgan fingerprint density at radius 3 is 1.95 bits per heavy atom. The molecule has 1 aliphatic heterocycles. The van der Waals surface area contributed by atoms with E-state index in [4.69, 9.17) is 0 Å². The Labute approximate surface area is 134 Å². The average molecular weight is 318 g/mol. The highest BCUT2D eigenvalue weighted by Gasteiger charge is 2.53. The van der Waals surface area contributed by atoms with Gasteiger partial charge in [0, 0.05) is 5.69 Å². The summed E-state index contributed by atoms with van der Waals surface area (Å²) in [5.74, 6) is 0.00793. The van der Waals surface area contributed by atoms with Gasteiger partial charge in [-0.1, -0.05) is 45.9 Å². The molecular formula is C17H26N2O2Si. The standard InChI is InChI=1S/C17H26N2O2Si/c1-5-15-16(20)19(22(6-2,7-3)8-4)17(21)18(15)14-12-10-9-11-13-14/h9-13,15H,5-8H2,1-4H3. The third-order valence-corrected chi connectivity index (χ3v) is 10.4. The molecule has 3 amide bonds. The molecule has 22 heavy (non-hydrogen) atoms. The molecule has 0 spiro atoms. The maximum absolute atomic E-state index is 13.1. The van der Waals surface area contributed by atoms with E-state index >= 15 is 0 Å². The van der Waals surface area contributed by atoms with Crippen LogP contribution >= 0.6 is 0 Å². The Balaban J connectivity index is 2.48. The highest BCUT2D eigenvalue weighted by molar-refractivity contribution is 6.82. The van der Waals surface area contributed by atoms with Gasteiger partial charge in [-0.3, -0.25) is 14.3 Å². The molecule has 1 heterocycles. The Morgan fingerprint density at radius 1 is 0.955 bits per heavy atom. The summed E-state index contributed by atoms with van der Waals surface area (Å²) in [6.07, 6.45) is 0.650. The zero-order valence-electron chi connectivity index (χ0n) is 14.0. The van der Waals surface area contributed by atoms with Gasteiger partial charge in [0.1, 0.15) is 6.04 Å². The first kappa shape index (κ1) is 16.7. The van der Waals surface area contributed by atoms with Crippen molar-refractivity contribution in [2.75, 3.05) is 4.90 Å². The van der Waals surface area contributed by atoms with E-state index < -0.39 is 8.24 Å². The predicted molar refractivity (Wildman–Crippen MR) is 92.4 cm³/mol. The first-order valence-electron chi connectivity index (χ1n) is 8.28. The van der Waals surface area contributed by atoms with Gasteiger partial charge in [-0.2, -0.15) is 0 Å². The molecule has 4 nitrogen and oxygen atoms in total. The van der Waals surface area contributed by atoms with Crippen LogP contribution in [-0.2, 0) is 4.79 Å². The number of hydrogen-bond acceptors (Lipinski definition) is 2. The summed E-state index contributed by atoms with van der Waals surface area (Å²) in [5.41, 5.74) is 0.821. The van der Waals surface area contributed by atoms with Gasteiger partial charge in [0.15, 0.2) is 8.24 Å². The molecule has 1 aromatic carbocycles. The summed E-state index contributed by atoms with van der Waals surface area (Å²) in [6, 6.07) is 11.9. The molecule has 0 saturated carbocycles. The highest BCUT2D eigenvalue weighted by atomic mass is 28.3. The van der Waals surface area contributed by atoms with Gasteiger partial charge in [0.25, 0.3) is 0 Å². The zero-order valence-corrected chi connectivity index (χ0v) is 15.0. The van der Waals surface area contributed by atoms with Crippen LogP contribution in [0.4, 0.5) is 10.5 Å². The Bertz CT molecular complexity index is 535. The molecule has 1 aromatic rings. The molecular weight excluding hydrogens is 292 g/mol. The maximum Gasteiger partial charge on any atom is 0.323 e. The van der Waals surface area contributed by atoms with Gasteiger partial charge < -0.3 is 0 Å². The van der Waals surface area contributed by atoms with Crippen molar-refractivity contribution in [3.05, 3.63) is 30.3 Å². The molecule has 0 bridgehead atoms.